The summed E-state index contributed by atoms with van der Waals surface area (Å²) in [5, 5.41) is 7.65. The van der Waals surface area contributed by atoms with Crippen molar-refractivity contribution in [1.29, 1.82) is 0 Å². The predicted molar refractivity (Wildman–Crippen MR) is 74.9 cm³/mol. The molecule has 0 heterocycles. The number of benzene rings is 1. The first-order valence-corrected chi connectivity index (χ1v) is 6.40. The van der Waals surface area contributed by atoms with E-state index in [1.807, 2.05) is 18.2 Å². The van der Waals surface area contributed by atoms with Gasteiger partial charge in [-0.15, -0.1) is 0 Å². The first kappa shape index (κ1) is 15.0. The van der Waals surface area contributed by atoms with E-state index in [4.69, 9.17) is 0 Å². The number of hydrogen-bond acceptors (Lipinski definition) is 2. The molecule has 5 nitrogen and oxygen atoms in total. The summed E-state index contributed by atoms with van der Waals surface area (Å²) >= 11 is 0. The fourth-order valence-electron chi connectivity index (χ4n) is 1.66. The highest BCUT2D eigenvalue weighted by atomic mass is 16.2. The van der Waals surface area contributed by atoms with Gasteiger partial charge in [0.15, 0.2) is 0 Å². The molecule has 0 fully saturated rings. The van der Waals surface area contributed by atoms with Crippen molar-refractivity contribution in [2.75, 3.05) is 20.1 Å². The summed E-state index contributed by atoms with van der Waals surface area (Å²) in [7, 11) is 1.53. The summed E-state index contributed by atoms with van der Waals surface area (Å²) in [6.45, 7) is 2.70. The minimum Gasteiger partial charge on any atom is -0.358 e. The predicted octanol–water partition coefficient (Wildman–Crippen LogP) is 1.23. The van der Waals surface area contributed by atoms with Crippen LogP contribution in [0.4, 0.5) is 4.79 Å². The second-order valence-electron chi connectivity index (χ2n) is 4.38. The summed E-state index contributed by atoms with van der Waals surface area (Å²) in [4.78, 5) is 22.3. The molecule has 0 radical (unpaired) electrons. The molecule has 19 heavy (non-hydrogen) atoms. The standard InChI is InChI=1S/C14H21N3O2/c1-11(12-6-4-3-5-7-12)8-9-16-14(19)17-10-13(18)15-2/h3-7,11H,8-10H2,1-2H3,(H,15,18)(H2,16,17,19). The number of nitrogens with one attached hydrogen (secondary N) is 3. The summed E-state index contributed by atoms with van der Waals surface area (Å²) in [6, 6.07) is 9.85. The van der Waals surface area contributed by atoms with Crippen molar-refractivity contribution in [2.24, 2.45) is 0 Å². The van der Waals surface area contributed by atoms with Gasteiger partial charge in [-0.1, -0.05) is 37.3 Å². The number of urea groups is 1. The van der Waals surface area contributed by atoms with E-state index < -0.39 is 0 Å². The third kappa shape index (κ3) is 5.90. The zero-order valence-corrected chi connectivity index (χ0v) is 11.4. The Morgan fingerprint density at radius 3 is 2.47 bits per heavy atom. The molecule has 0 aliphatic rings. The molecule has 1 atom stereocenters. The second kappa shape index (κ2) is 8.13. The van der Waals surface area contributed by atoms with Gasteiger partial charge in [0.05, 0.1) is 6.54 Å². The summed E-state index contributed by atoms with van der Waals surface area (Å²) < 4.78 is 0. The van der Waals surface area contributed by atoms with Crippen LogP contribution in [-0.4, -0.2) is 32.1 Å². The van der Waals surface area contributed by atoms with Crippen molar-refractivity contribution in [3.63, 3.8) is 0 Å². The smallest absolute Gasteiger partial charge is 0.315 e. The van der Waals surface area contributed by atoms with Crippen molar-refractivity contribution >= 4 is 11.9 Å². The van der Waals surface area contributed by atoms with Crippen LogP contribution in [0.5, 0.6) is 0 Å². The van der Waals surface area contributed by atoms with E-state index in [0.29, 0.717) is 12.5 Å². The molecule has 0 aromatic heterocycles. The molecule has 1 aromatic rings. The Labute approximate surface area is 113 Å². The van der Waals surface area contributed by atoms with Crippen LogP contribution in [0.3, 0.4) is 0 Å². The minimum atomic E-state index is -0.316. The highest BCUT2D eigenvalue weighted by Gasteiger charge is 2.06. The molecule has 0 spiro atoms. The molecule has 0 saturated carbocycles. The van der Waals surface area contributed by atoms with Crippen LogP contribution in [0, 0.1) is 0 Å². The molecule has 3 amide bonds. The van der Waals surface area contributed by atoms with Crippen molar-refractivity contribution < 1.29 is 9.59 Å². The first-order chi connectivity index (χ1) is 9.13. The van der Waals surface area contributed by atoms with Crippen LogP contribution < -0.4 is 16.0 Å². The Morgan fingerprint density at radius 2 is 1.84 bits per heavy atom. The number of likely N-dealkylation sites (N-methyl/N-ethyl adjacent to an activating group) is 1. The Bertz CT molecular complexity index is 406. The molecule has 1 unspecified atom stereocenters. The molecule has 5 heteroatoms. The van der Waals surface area contributed by atoms with E-state index >= 15 is 0 Å². The molecule has 3 N–H and O–H groups in total. The van der Waals surface area contributed by atoms with E-state index in [0.717, 1.165) is 6.42 Å². The molecular weight excluding hydrogens is 242 g/mol. The maximum atomic E-state index is 11.4. The van der Waals surface area contributed by atoms with Gasteiger partial charge in [-0.3, -0.25) is 4.79 Å². The van der Waals surface area contributed by atoms with Gasteiger partial charge in [0.1, 0.15) is 0 Å². The number of hydrogen-bond donors (Lipinski definition) is 3. The highest BCUT2D eigenvalue weighted by molar-refractivity contribution is 5.83. The number of amides is 3. The van der Waals surface area contributed by atoms with Gasteiger partial charge >= 0.3 is 6.03 Å². The second-order valence-corrected chi connectivity index (χ2v) is 4.38. The number of carbonyl (C=O) groups excluding carboxylic acids is 2. The maximum Gasteiger partial charge on any atom is 0.315 e. The average molecular weight is 263 g/mol. The SMILES string of the molecule is CNC(=O)CNC(=O)NCCC(C)c1ccccc1. The normalized spacial score (nSPS) is 11.5. The number of carbonyl (C=O) groups is 2. The topological polar surface area (TPSA) is 70.2 Å². The zero-order chi connectivity index (χ0) is 14.1. The highest BCUT2D eigenvalue weighted by Crippen LogP contribution is 2.17. The monoisotopic (exact) mass is 263 g/mol. The lowest BCUT2D eigenvalue weighted by atomic mass is 9.98. The fraction of sp³-hybridized carbons (Fsp3) is 0.429. The summed E-state index contributed by atoms with van der Waals surface area (Å²) in [5.41, 5.74) is 1.26. The maximum absolute atomic E-state index is 11.4. The summed E-state index contributed by atoms with van der Waals surface area (Å²) in [5.74, 6) is 0.174. The van der Waals surface area contributed by atoms with Gasteiger partial charge in [-0.2, -0.15) is 0 Å². The van der Waals surface area contributed by atoms with Crippen LogP contribution in [0.25, 0.3) is 0 Å². The van der Waals surface area contributed by atoms with Crippen LogP contribution in [0.15, 0.2) is 30.3 Å². The van der Waals surface area contributed by atoms with Crippen LogP contribution in [0.1, 0.15) is 24.8 Å². The van der Waals surface area contributed by atoms with E-state index in [-0.39, 0.29) is 18.5 Å². The van der Waals surface area contributed by atoms with Crippen molar-refractivity contribution in [1.82, 2.24) is 16.0 Å². The Morgan fingerprint density at radius 1 is 1.16 bits per heavy atom. The van der Waals surface area contributed by atoms with Crippen molar-refractivity contribution in [2.45, 2.75) is 19.3 Å². The van der Waals surface area contributed by atoms with E-state index in [2.05, 4.69) is 35.0 Å². The summed E-state index contributed by atoms with van der Waals surface area (Å²) in [6.07, 6.45) is 0.859. The molecule has 1 aromatic carbocycles. The lowest BCUT2D eigenvalue weighted by molar-refractivity contribution is -0.119. The Kier molecular flexibility index (Phi) is 6.43. The molecular formula is C14H21N3O2. The lowest BCUT2D eigenvalue weighted by Gasteiger charge is -2.12. The van der Waals surface area contributed by atoms with E-state index in [1.54, 1.807) is 0 Å². The lowest BCUT2D eigenvalue weighted by Crippen LogP contribution is -2.41. The van der Waals surface area contributed by atoms with Gasteiger partial charge in [-0.05, 0) is 17.9 Å². The van der Waals surface area contributed by atoms with Gasteiger partial charge in [-0.25, -0.2) is 4.79 Å². The number of rotatable bonds is 6. The fourth-order valence-corrected chi connectivity index (χ4v) is 1.66. The first-order valence-electron chi connectivity index (χ1n) is 6.40. The largest absolute Gasteiger partial charge is 0.358 e. The zero-order valence-electron chi connectivity index (χ0n) is 11.4. The minimum absolute atomic E-state index is 0.00340. The third-order valence-corrected chi connectivity index (χ3v) is 2.92. The van der Waals surface area contributed by atoms with Gasteiger partial charge in [0.2, 0.25) is 5.91 Å². The van der Waals surface area contributed by atoms with Crippen molar-refractivity contribution in [3.05, 3.63) is 35.9 Å². The van der Waals surface area contributed by atoms with Crippen LogP contribution >= 0.6 is 0 Å². The third-order valence-electron chi connectivity index (χ3n) is 2.92. The molecule has 1 rings (SSSR count). The average Bonchev–Trinajstić information content (AvgIpc) is 2.45. The molecule has 0 bridgehead atoms. The van der Waals surface area contributed by atoms with Gasteiger partial charge < -0.3 is 16.0 Å². The van der Waals surface area contributed by atoms with E-state index in [9.17, 15) is 9.59 Å². The van der Waals surface area contributed by atoms with Gasteiger partial charge in [0, 0.05) is 13.6 Å². The Balaban J connectivity index is 2.19. The van der Waals surface area contributed by atoms with E-state index in [1.165, 1.54) is 12.6 Å². The van der Waals surface area contributed by atoms with Crippen LogP contribution in [-0.2, 0) is 4.79 Å². The van der Waals surface area contributed by atoms with Crippen LogP contribution in [0.2, 0.25) is 0 Å². The molecule has 0 saturated heterocycles. The van der Waals surface area contributed by atoms with Gasteiger partial charge in [0.25, 0.3) is 0 Å². The Hall–Kier alpha value is -2.04. The van der Waals surface area contributed by atoms with Crippen molar-refractivity contribution in [3.8, 4) is 0 Å². The molecule has 0 aliphatic heterocycles. The molecule has 104 valence electrons. The quantitative estimate of drug-likeness (QED) is 0.722. The molecule has 0 aliphatic carbocycles.